The summed E-state index contributed by atoms with van der Waals surface area (Å²) in [5, 5.41) is 8.79. The second-order valence-corrected chi connectivity index (χ2v) is 5.14. The minimum absolute atomic E-state index is 0.0174. The van der Waals surface area contributed by atoms with Gasteiger partial charge < -0.3 is 14.7 Å². The molecule has 1 aliphatic heterocycles. The predicted molar refractivity (Wildman–Crippen MR) is 81.1 cm³/mol. The normalized spacial score (nSPS) is 18.0. The molecule has 1 aromatic carbocycles. The molecular weight excluding hydrogens is 266 g/mol. The standard InChI is InChI=1S/C17H21NO3/c1-3-16-12-18(8-10-21-16)17(20)15-7-6-13(2)14(11-15)5-4-9-19/h6-7,11,16,19H,3,8-10,12H2,1-2H3. The van der Waals surface area contributed by atoms with E-state index in [1.54, 1.807) is 6.07 Å². The smallest absolute Gasteiger partial charge is 0.254 e. The van der Waals surface area contributed by atoms with Gasteiger partial charge in [0.15, 0.2) is 0 Å². The van der Waals surface area contributed by atoms with Gasteiger partial charge in [-0.1, -0.05) is 24.8 Å². The van der Waals surface area contributed by atoms with Gasteiger partial charge in [-0.3, -0.25) is 4.79 Å². The van der Waals surface area contributed by atoms with Crippen molar-refractivity contribution in [3.05, 3.63) is 34.9 Å². The van der Waals surface area contributed by atoms with Crippen LogP contribution in [0.5, 0.6) is 0 Å². The van der Waals surface area contributed by atoms with Gasteiger partial charge >= 0.3 is 0 Å². The molecule has 1 saturated heterocycles. The van der Waals surface area contributed by atoms with Crippen LogP contribution in [0.2, 0.25) is 0 Å². The highest BCUT2D eigenvalue weighted by Gasteiger charge is 2.24. The van der Waals surface area contributed by atoms with Crippen molar-refractivity contribution in [3.63, 3.8) is 0 Å². The Morgan fingerprint density at radius 1 is 1.52 bits per heavy atom. The largest absolute Gasteiger partial charge is 0.384 e. The van der Waals surface area contributed by atoms with Crippen LogP contribution in [0.4, 0.5) is 0 Å². The van der Waals surface area contributed by atoms with Crippen molar-refractivity contribution >= 4 is 5.91 Å². The molecule has 21 heavy (non-hydrogen) atoms. The minimum atomic E-state index is -0.181. The molecule has 1 heterocycles. The first-order chi connectivity index (χ1) is 10.2. The fraction of sp³-hybridized carbons (Fsp3) is 0.471. The number of ether oxygens (including phenoxy) is 1. The zero-order chi connectivity index (χ0) is 15.2. The maximum Gasteiger partial charge on any atom is 0.254 e. The molecule has 1 fully saturated rings. The first-order valence-corrected chi connectivity index (χ1v) is 7.27. The summed E-state index contributed by atoms with van der Waals surface area (Å²) in [6, 6.07) is 5.53. The predicted octanol–water partition coefficient (Wildman–Crippen LogP) is 1.59. The van der Waals surface area contributed by atoms with Crippen LogP contribution in [0.1, 0.15) is 34.8 Å². The van der Waals surface area contributed by atoms with E-state index in [-0.39, 0.29) is 18.6 Å². The van der Waals surface area contributed by atoms with Crippen molar-refractivity contribution in [1.29, 1.82) is 0 Å². The lowest BCUT2D eigenvalue weighted by Gasteiger charge is -2.32. The van der Waals surface area contributed by atoms with Crippen LogP contribution in [-0.4, -0.2) is 48.3 Å². The molecule has 4 nitrogen and oxygen atoms in total. The number of aliphatic hydroxyl groups is 1. The van der Waals surface area contributed by atoms with Gasteiger partial charge in [0.25, 0.3) is 5.91 Å². The van der Waals surface area contributed by atoms with Crippen molar-refractivity contribution in [2.24, 2.45) is 0 Å². The summed E-state index contributed by atoms with van der Waals surface area (Å²) in [6.07, 6.45) is 1.03. The molecule has 1 atom stereocenters. The third-order valence-electron chi connectivity index (χ3n) is 3.67. The zero-order valence-electron chi connectivity index (χ0n) is 12.6. The average molecular weight is 287 g/mol. The molecule has 4 heteroatoms. The molecule has 1 N–H and O–H groups in total. The Morgan fingerprint density at radius 3 is 3.05 bits per heavy atom. The summed E-state index contributed by atoms with van der Waals surface area (Å²) in [4.78, 5) is 14.4. The number of aryl methyl sites for hydroxylation is 1. The molecule has 1 aromatic rings. The molecule has 0 aliphatic carbocycles. The molecule has 0 radical (unpaired) electrons. The van der Waals surface area contributed by atoms with Gasteiger partial charge in [-0.15, -0.1) is 0 Å². The van der Waals surface area contributed by atoms with Gasteiger partial charge in [-0.2, -0.15) is 0 Å². The van der Waals surface area contributed by atoms with Crippen LogP contribution in [0.15, 0.2) is 18.2 Å². The summed E-state index contributed by atoms with van der Waals surface area (Å²) >= 11 is 0. The highest BCUT2D eigenvalue weighted by Crippen LogP contribution is 2.15. The third-order valence-corrected chi connectivity index (χ3v) is 3.67. The lowest BCUT2D eigenvalue weighted by atomic mass is 10.0. The van der Waals surface area contributed by atoms with Crippen molar-refractivity contribution < 1.29 is 14.6 Å². The highest BCUT2D eigenvalue weighted by molar-refractivity contribution is 5.94. The van der Waals surface area contributed by atoms with E-state index in [4.69, 9.17) is 9.84 Å². The third kappa shape index (κ3) is 3.84. The fourth-order valence-electron chi connectivity index (χ4n) is 2.36. The first-order valence-electron chi connectivity index (χ1n) is 7.27. The minimum Gasteiger partial charge on any atom is -0.384 e. The second kappa shape index (κ2) is 7.26. The Kier molecular flexibility index (Phi) is 5.38. The number of morpholine rings is 1. The molecule has 1 aliphatic rings. The second-order valence-electron chi connectivity index (χ2n) is 5.14. The zero-order valence-corrected chi connectivity index (χ0v) is 12.6. The van der Waals surface area contributed by atoms with Crippen molar-refractivity contribution in [2.45, 2.75) is 26.4 Å². The number of carbonyl (C=O) groups excluding carboxylic acids is 1. The number of rotatable bonds is 2. The molecule has 0 spiro atoms. The molecule has 1 amide bonds. The number of amides is 1. The van der Waals surface area contributed by atoms with E-state index in [0.29, 0.717) is 25.3 Å². The maximum absolute atomic E-state index is 12.6. The Hall–Kier alpha value is -1.83. The molecule has 0 bridgehead atoms. The van der Waals surface area contributed by atoms with E-state index in [2.05, 4.69) is 18.8 Å². The molecule has 112 valence electrons. The summed E-state index contributed by atoms with van der Waals surface area (Å²) in [6.45, 7) is 5.68. The fourth-order valence-corrected chi connectivity index (χ4v) is 2.36. The molecule has 1 unspecified atom stereocenters. The van der Waals surface area contributed by atoms with Crippen LogP contribution >= 0.6 is 0 Å². The number of nitrogens with zero attached hydrogens (tertiary/aromatic N) is 1. The topological polar surface area (TPSA) is 49.8 Å². The van der Waals surface area contributed by atoms with Crippen molar-refractivity contribution in [3.8, 4) is 11.8 Å². The lowest BCUT2D eigenvalue weighted by Crippen LogP contribution is -2.45. The Labute approximate surface area is 125 Å². The molecule has 0 aromatic heterocycles. The van der Waals surface area contributed by atoms with E-state index >= 15 is 0 Å². The number of benzene rings is 1. The van der Waals surface area contributed by atoms with E-state index in [0.717, 1.165) is 17.5 Å². The average Bonchev–Trinajstić information content (AvgIpc) is 2.53. The van der Waals surface area contributed by atoms with Crippen LogP contribution < -0.4 is 0 Å². The highest BCUT2D eigenvalue weighted by atomic mass is 16.5. The Bertz CT molecular complexity index is 571. The maximum atomic E-state index is 12.6. The molecule has 2 rings (SSSR count). The van der Waals surface area contributed by atoms with Gasteiger partial charge in [0, 0.05) is 24.2 Å². The quantitative estimate of drug-likeness (QED) is 0.840. The lowest BCUT2D eigenvalue weighted by molar-refractivity contribution is -0.0226. The summed E-state index contributed by atoms with van der Waals surface area (Å²) in [5.41, 5.74) is 2.43. The summed E-state index contributed by atoms with van der Waals surface area (Å²) in [5.74, 6) is 5.53. The van der Waals surface area contributed by atoms with Crippen molar-refractivity contribution in [2.75, 3.05) is 26.3 Å². The van der Waals surface area contributed by atoms with Crippen LogP contribution in [0, 0.1) is 18.8 Å². The van der Waals surface area contributed by atoms with Crippen LogP contribution in [0.25, 0.3) is 0 Å². The van der Waals surface area contributed by atoms with E-state index < -0.39 is 0 Å². The Morgan fingerprint density at radius 2 is 2.33 bits per heavy atom. The molecule has 0 saturated carbocycles. The van der Waals surface area contributed by atoms with E-state index in [1.165, 1.54) is 0 Å². The van der Waals surface area contributed by atoms with Crippen molar-refractivity contribution in [1.82, 2.24) is 4.90 Å². The van der Waals surface area contributed by atoms with Crippen LogP contribution in [-0.2, 0) is 4.74 Å². The molecular formula is C17H21NO3. The number of hydrogen-bond donors (Lipinski definition) is 1. The number of aliphatic hydroxyl groups excluding tert-OH is 1. The van der Waals surface area contributed by atoms with Gasteiger partial charge in [0.1, 0.15) is 6.61 Å². The van der Waals surface area contributed by atoms with Crippen LogP contribution in [0.3, 0.4) is 0 Å². The summed E-state index contributed by atoms with van der Waals surface area (Å²) < 4.78 is 5.60. The van der Waals surface area contributed by atoms with E-state index in [9.17, 15) is 4.79 Å². The monoisotopic (exact) mass is 287 g/mol. The van der Waals surface area contributed by atoms with Gasteiger partial charge in [0.05, 0.1) is 12.7 Å². The summed E-state index contributed by atoms with van der Waals surface area (Å²) in [7, 11) is 0. The van der Waals surface area contributed by atoms with Gasteiger partial charge in [-0.25, -0.2) is 0 Å². The van der Waals surface area contributed by atoms with Gasteiger partial charge in [-0.05, 0) is 31.0 Å². The van der Waals surface area contributed by atoms with E-state index in [1.807, 2.05) is 24.0 Å². The van der Waals surface area contributed by atoms with Gasteiger partial charge in [0.2, 0.25) is 0 Å². The number of carbonyl (C=O) groups is 1. The number of hydrogen-bond acceptors (Lipinski definition) is 3. The SMILES string of the molecule is CCC1CN(C(=O)c2ccc(C)c(C#CCO)c2)CCO1. The Balaban J connectivity index is 2.19. The first kappa shape index (κ1) is 15.6.